The molecule has 1 heterocycles. The summed E-state index contributed by atoms with van der Waals surface area (Å²) in [5.41, 5.74) is 2.49. The molecule has 3 rings (SSSR count). The van der Waals surface area contributed by atoms with Gasteiger partial charge in [-0.2, -0.15) is 0 Å². The zero-order valence-electron chi connectivity index (χ0n) is 17.7. The molecule has 1 aliphatic heterocycles. The van der Waals surface area contributed by atoms with Crippen molar-refractivity contribution in [3.63, 3.8) is 0 Å². The lowest BCUT2D eigenvalue weighted by molar-refractivity contribution is -0.128. The third-order valence-electron chi connectivity index (χ3n) is 5.06. The number of hydrogen-bond acceptors (Lipinski definition) is 5. The first-order chi connectivity index (χ1) is 15.3. The molecule has 3 amide bonds. The molecule has 0 bridgehead atoms. The number of anilines is 1. The third-order valence-corrected chi connectivity index (χ3v) is 5.47. The summed E-state index contributed by atoms with van der Waals surface area (Å²) in [7, 11) is 0. The van der Waals surface area contributed by atoms with Crippen LogP contribution in [0.5, 0.6) is 0 Å². The molecule has 9 heteroatoms. The Morgan fingerprint density at radius 1 is 1.09 bits per heavy atom. The molecule has 2 aromatic carbocycles. The van der Waals surface area contributed by atoms with Crippen molar-refractivity contribution in [1.82, 2.24) is 10.2 Å². The number of carbonyl (C=O) groups excluding carboxylic acids is 4. The minimum absolute atomic E-state index is 0.135. The Morgan fingerprint density at radius 2 is 1.84 bits per heavy atom. The van der Waals surface area contributed by atoms with Gasteiger partial charge >= 0.3 is 5.97 Å². The van der Waals surface area contributed by atoms with E-state index < -0.39 is 24.4 Å². The second-order valence-electron chi connectivity index (χ2n) is 7.43. The fraction of sp³-hybridized carbons (Fsp3) is 0.304. The van der Waals surface area contributed by atoms with Crippen molar-refractivity contribution in [3.05, 3.63) is 64.2 Å². The molecule has 32 heavy (non-hydrogen) atoms. The molecule has 168 valence electrons. The smallest absolute Gasteiger partial charge is 0.338 e. The Bertz CT molecular complexity index is 1020. The van der Waals surface area contributed by atoms with Gasteiger partial charge in [0, 0.05) is 30.2 Å². The molecule has 2 N–H and O–H groups in total. The van der Waals surface area contributed by atoms with Gasteiger partial charge in [0.1, 0.15) is 0 Å². The van der Waals surface area contributed by atoms with E-state index in [1.54, 1.807) is 54.3 Å². The highest BCUT2D eigenvalue weighted by Crippen LogP contribution is 2.22. The van der Waals surface area contributed by atoms with E-state index in [0.717, 1.165) is 24.1 Å². The maximum atomic E-state index is 12.1. The van der Waals surface area contributed by atoms with Crippen molar-refractivity contribution in [2.24, 2.45) is 0 Å². The number of ether oxygens (including phenoxy) is 1. The summed E-state index contributed by atoms with van der Waals surface area (Å²) in [6.07, 6.45) is 1.45. The summed E-state index contributed by atoms with van der Waals surface area (Å²) in [5, 5.41) is 5.58. The normalized spacial score (nSPS) is 13.1. The highest BCUT2D eigenvalue weighted by atomic mass is 35.5. The summed E-state index contributed by atoms with van der Waals surface area (Å²) in [4.78, 5) is 49.6. The maximum Gasteiger partial charge on any atom is 0.338 e. The second-order valence-corrected chi connectivity index (χ2v) is 7.84. The fourth-order valence-electron chi connectivity index (χ4n) is 3.22. The average Bonchev–Trinajstić information content (AvgIpc) is 3.18. The van der Waals surface area contributed by atoms with E-state index in [9.17, 15) is 19.2 Å². The van der Waals surface area contributed by atoms with Gasteiger partial charge in [-0.05, 0) is 48.7 Å². The molecule has 0 aliphatic carbocycles. The predicted octanol–water partition coefficient (Wildman–Crippen LogP) is 2.68. The number of nitrogens with one attached hydrogen (secondary N) is 2. The van der Waals surface area contributed by atoms with Gasteiger partial charge in [-0.1, -0.05) is 29.8 Å². The summed E-state index contributed by atoms with van der Waals surface area (Å²) in [5.74, 6) is -1.54. The summed E-state index contributed by atoms with van der Waals surface area (Å²) in [6, 6.07) is 11.8. The lowest BCUT2D eigenvalue weighted by Crippen LogP contribution is -2.35. The number of esters is 1. The van der Waals surface area contributed by atoms with Gasteiger partial charge < -0.3 is 20.3 Å². The minimum Gasteiger partial charge on any atom is -0.452 e. The lowest BCUT2D eigenvalue weighted by atomic mass is 10.1. The Labute approximate surface area is 190 Å². The highest BCUT2D eigenvalue weighted by molar-refractivity contribution is 6.31. The van der Waals surface area contributed by atoms with Gasteiger partial charge in [-0.3, -0.25) is 14.4 Å². The number of rotatable bonds is 8. The SMILES string of the molecule is Cc1c(Cl)cccc1NC(=O)CNC(=O)COC(=O)c1ccc(CN2CCCC2=O)cc1. The molecular formula is C23H24ClN3O5. The number of nitrogens with zero attached hydrogens (tertiary/aromatic N) is 1. The number of likely N-dealkylation sites (tertiary alicyclic amines) is 1. The Kier molecular flexibility index (Phi) is 7.83. The standard InChI is InChI=1S/C23H24ClN3O5/c1-15-18(24)4-2-5-19(15)26-20(28)12-25-21(29)14-32-23(31)17-9-7-16(8-10-17)13-27-11-3-6-22(27)30/h2,4-5,7-10H,3,6,11-14H2,1H3,(H,25,29)(H,26,28). The van der Waals surface area contributed by atoms with Gasteiger partial charge in [-0.25, -0.2) is 4.79 Å². The zero-order chi connectivity index (χ0) is 23.1. The summed E-state index contributed by atoms with van der Waals surface area (Å²) in [6.45, 7) is 2.24. The minimum atomic E-state index is -0.650. The number of amides is 3. The molecular weight excluding hydrogens is 434 g/mol. The summed E-state index contributed by atoms with van der Waals surface area (Å²) < 4.78 is 5.00. The van der Waals surface area contributed by atoms with Crippen LogP contribution in [0.1, 0.15) is 34.3 Å². The van der Waals surface area contributed by atoms with Crippen LogP contribution >= 0.6 is 11.6 Å². The van der Waals surface area contributed by atoms with Crippen LogP contribution < -0.4 is 10.6 Å². The molecule has 0 radical (unpaired) electrons. The van der Waals surface area contributed by atoms with Crippen LogP contribution in [-0.2, 0) is 25.7 Å². The maximum absolute atomic E-state index is 12.1. The van der Waals surface area contributed by atoms with Crippen molar-refractivity contribution in [2.75, 3.05) is 25.0 Å². The largest absolute Gasteiger partial charge is 0.452 e. The van der Waals surface area contributed by atoms with E-state index in [1.807, 2.05) is 0 Å². The average molecular weight is 458 g/mol. The van der Waals surface area contributed by atoms with Crippen LogP contribution in [0.4, 0.5) is 5.69 Å². The van der Waals surface area contributed by atoms with E-state index in [0.29, 0.717) is 29.2 Å². The van der Waals surface area contributed by atoms with Crippen molar-refractivity contribution in [2.45, 2.75) is 26.3 Å². The fourth-order valence-corrected chi connectivity index (χ4v) is 3.39. The van der Waals surface area contributed by atoms with Crippen molar-refractivity contribution in [3.8, 4) is 0 Å². The van der Waals surface area contributed by atoms with E-state index >= 15 is 0 Å². The zero-order valence-corrected chi connectivity index (χ0v) is 18.4. The van der Waals surface area contributed by atoms with Crippen LogP contribution in [0.3, 0.4) is 0 Å². The molecule has 1 fully saturated rings. The van der Waals surface area contributed by atoms with Crippen LogP contribution in [0.15, 0.2) is 42.5 Å². The molecule has 2 aromatic rings. The molecule has 0 aromatic heterocycles. The predicted molar refractivity (Wildman–Crippen MR) is 119 cm³/mol. The Hall–Kier alpha value is -3.39. The Balaban J connectivity index is 1.40. The topological polar surface area (TPSA) is 105 Å². The third kappa shape index (κ3) is 6.31. The van der Waals surface area contributed by atoms with E-state index in [1.165, 1.54) is 0 Å². The first-order valence-corrected chi connectivity index (χ1v) is 10.6. The van der Waals surface area contributed by atoms with Gasteiger partial charge in [0.25, 0.3) is 5.91 Å². The van der Waals surface area contributed by atoms with Gasteiger partial charge in [-0.15, -0.1) is 0 Å². The second kappa shape index (κ2) is 10.8. The molecule has 0 saturated carbocycles. The molecule has 0 unspecified atom stereocenters. The number of halogens is 1. The van der Waals surface area contributed by atoms with Crippen LogP contribution in [0.25, 0.3) is 0 Å². The highest BCUT2D eigenvalue weighted by Gasteiger charge is 2.20. The summed E-state index contributed by atoms with van der Waals surface area (Å²) >= 11 is 6.01. The Morgan fingerprint density at radius 3 is 2.53 bits per heavy atom. The monoisotopic (exact) mass is 457 g/mol. The van der Waals surface area contributed by atoms with Crippen molar-refractivity contribution >= 4 is 41.0 Å². The molecule has 0 spiro atoms. The van der Waals surface area contributed by atoms with Gasteiger partial charge in [0.2, 0.25) is 11.8 Å². The molecule has 8 nitrogen and oxygen atoms in total. The van der Waals surface area contributed by atoms with Gasteiger partial charge in [0.05, 0.1) is 12.1 Å². The van der Waals surface area contributed by atoms with E-state index in [4.69, 9.17) is 16.3 Å². The number of benzene rings is 2. The molecule has 0 atom stereocenters. The van der Waals surface area contributed by atoms with Gasteiger partial charge in [0.15, 0.2) is 6.61 Å². The van der Waals surface area contributed by atoms with Crippen molar-refractivity contribution in [1.29, 1.82) is 0 Å². The van der Waals surface area contributed by atoms with Crippen LogP contribution in [0, 0.1) is 6.92 Å². The molecule has 1 aliphatic rings. The van der Waals surface area contributed by atoms with E-state index in [2.05, 4.69) is 10.6 Å². The first-order valence-electron chi connectivity index (χ1n) is 10.2. The number of hydrogen-bond donors (Lipinski definition) is 2. The van der Waals surface area contributed by atoms with Crippen LogP contribution in [0.2, 0.25) is 5.02 Å². The van der Waals surface area contributed by atoms with E-state index in [-0.39, 0.29) is 12.5 Å². The van der Waals surface area contributed by atoms with Crippen molar-refractivity contribution < 1.29 is 23.9 Å². The number of carbonyl (C=O) groups is 4. The van der Waals surface area contributed by atoms with Crippen LogP contribution in [-0.4, -0.2) is 48.3 Å². The molecule has 1 saturated heterocycles. The first kappa shape index (κ1) is 23.3. The lowest BCUT2D eigenvalue weighted by Gasteiger charge is -2.15. The quantitative estimate of drug-likeness (QED) is 0.593.